The third-order valence-corrected chi connectivity index (χ3v) is 9.74. The van der Waals surface area contributed by atoms with Crippen LogP contribution in [0.1, 0.15) is 65.9 Å². The van der Waals surface area contributed by atoms with Gasteiger partial charge in [0.05, 0.1) is 24.5 Å². The number of alkyl halides is 1. The molecule has 0 radical (unpaired) electrons. The van der Waals surface area contributed by atoms with Gasteiger partial charge in [0, 0.05) is 84.3 Å². The quantitative estimate of drug-likeness (QED) is 0.224. The van der Waals surface area contributed by atoms with Gasteiger partial charge >= 0.3 is 5.97 Å². The molecule has 1 saturated carbocycles. The highest BCUT2D eigenvalue weighted by Gasteiger charge is 2.34. The van der Waals surface area contributed by atoms with E-state index in [1.165, 1.54) is 0 Å². The highest BCUT2D eigenvalue weighted by molar-refractivity contribution is 5.99. The Bertz CT molecular complexity index is 1650. The molecular weight excluding hydrogens is 571 g/mol. The third kappa shape index (κ3) is 6.29. The number of ether oxygens (including phenoxy) is 2. The van der Waals surface area contributed by atoms with E-state index in [1.807, 2.05) is 24.3 Å². The number of carboxylic acids is 1. The lowest BCUT2D eigenvalue weighted by Crippen LogP contribution is -2.39. The van der Waals surface area contributed by atoms with Crippen molar-refractivity contribution in [2.24, 2.45) is 0 Å². The molecule has 0 spiro atoms. The van der Waals surface area contributed by atoms with E-state index in [2.05, 4.69) is 31.9 Å². The van der Waals surface area contributed by atoms with Crippen molar-refractivity contribution in [2.45, 2.75) is 69.8 Å². The predicted octanol–water partition coefficient (Wildman–Crippen LogP) is 6.88. The Hall–Kier alpha value is -3.95. The van der Waals surface area contributed by atoms with Crippen LogP contribution >= 0.6 is 0 Å². The Labute approximate surface area is 263 Å². The number of nitrogens with one attached hydrogen (secondary N) is 1. The van der Waals surface area contributed by atoms with Gasteiger partial charge in [-0.2, -0.15) is 0 Å². The lowest BCUT2D eigenvalue weighted by atomic mass is 9.80. The van der Waals surface area contributed by atoms with Gasteiger partial charge in [0.25, 0.3) is 0 Å². The molecule has 236 valence electrons. The lowest BCUT2D eigenvalue weighted by Gasteiger charge is -2.32. The average molecular weight is 613 g/mol. The first-order chi connectivity index (χ1) is 22.0. The highest BCUT2D eigenvalue weighted by Crippen LogP contribution is 2.48. The van der Waals surface area contributed by atoms with Gasteiger partial charge in [-0.1, -0.05) is 25.0 Å². The maximum Gasteiger partial charge on any atom is 0.335 e. The van der Waals surface area contributed by atoms with E-state index < -0.39 is 12.1 Å². The Balaban J connectivity index is 1.33. The van der Waals surface area contributed by atoms with Gasteiger partial charge < -0.3 is 24.5 Å². The van der Waals surface area contributed by atoms with Crippen LogP contribution in [0.15, 0.2) is 60.9 Å². The van der Waals surface area contributed by atoms with Crippen molar-refractivity contribution >= 4 is 22.6 Å². The molecule has 8 nitrogen and oxygen atoms in total. The summed E-state index contributed by atoms with van der Waals surface area (Å²) in [6, 6.07) is 15.6. The van der Waals surface area contributed by atoms with Crippen LogP contribution in [0.25, 0.3) is 22.2 Å². The summed E-state index contributed by atoms with van der Waals surface area (Å²) in [7, 11) is 0. The second-order valence-corrected chi connectivity index (χ2v) is 12.6. The minimum atomic E-state index is -0.957. The number of aromatic nitrogens is 2. The topological polar surface area (TPSA) is 88.9 Å². The van der Waals surface area contributed by atoms with Gasteiger partial charge in [0.15, 0.2) is 0 Å². The molecule has 2 fully saturated rings. The van der Waals surface area contributed by atoms with Crippen molar-refractivity contribution in [3.63, 3.8) is 0 Å². The molecule has 2 N–H and O–H groups in total. The number of anilines is 1. The molecule has 1 aliphatic carbocycles. The Morgan fingerprint density at radius 3 is 2.73 bits per heavy atom. The number of morpholine rings is 1. The molecule has 2 unspecified atom stereocenters. The lowest BCUT2D eigenvalue weighted by molar-refractivity contribution is 0.0367. The number of fused-ring (bicyclic) bond motifs is 5. The molecule has 2 aliphatic heterocycles. The van der Waals surface area contributed by atoms with E-state index in [0.29, 0.717) is 19.6 Å². The van der Waals surface area contributed by atoms with Crippen molar-refractivity contribution < 1.29 is 23.8 Å². The van der Waals surface area contributed by atoms with E-state index in [9.17, 15) is 9.90 Å². The second kappa shape index (κ2) is 13.2. The van der Waals surface area contributed by atoms with Crippen molar-refractivity contribution in [1.82, 2.24) is 14.5 Å². The molecule has 0 amide bonds. The molecule has 7 rings (SSSR count). The number of benzene rings is 2. The largest absolute Gasteiger partial charge is 0.489 e. The van der Waals surface area contributed by atoms with Gasteiger partial charge in [-0.25, -0.2) is 9.18 Å². The fourth-order valence-corrected chi connectivity index (χ4v) is 7.36. The monoisotopic (exact) mass is 612 g/mol. The first kappa shape index (κ1) is 29.7. The summed E-state index contributed by atoms with van der Waals surface area (Å²) in [4.78, 5) is 18.7. The van der Waals surface area contributed by atoms with Crippen LogP contribution in [0.3, 0.4) is 0 Å². The number of aromatic carboxylic acids is 1. The van der Waals surface area contributed by atoms with Gasteiger partial charge in [-0.3, -0.25) is 9.88 Å². The van der Waals surface area contributed by atoms with Crippen LogP contribution < -0.4 is 10.1 Å². The number of halogens is 1. The fourth-order valence-electron chi connectivity index (χ4n) is 7.36. The predicted molar refractivity (Wildman–Crippen MR) is 173 cm³/mol. The Morgan fingerprint density at radius 1 is 1.07 bits per heavy atom. The molecule has 3 aliphatic rings. The van der Waals surface area contributed by atoms with Crippen LogP contribution in [0, 0.1) is 0 Å². The van der Waals surface area contributed by atoms with Crippen molar-refractivity contribution in [2.75, 3.05) is 38.2 Å². The number of pyridine rings is 1. The Kier molecular flexibility index (Phi) is 8.72. The van der Waals surface area contributed by atoms with E-state index in [1.54, 1.807) is 24.5 Å². The van der Waals surface area contributed by atoms with Gasteiger partial charge in [-0.05, 0) is 61.6 Å². The van der Waals surface area contributed by atoms with E-state index in [0.717, 1.165) is 110 Å². The van der Waals surface area contributed by atoms with Crippen molar-refractivity contribution in [3.8, 4) is 17.0 Å². The summed E-state index contributed by atoms with van der Waals surface area (Å²) in [5.74, 6) is -0.447. The summed E-state index contributed by atoms with van der Waals surface area (Å²) in [5, 5.41) is 14.7. The molecule has 1 saturated heterocycles. The normalized spacial score (nSPS) is 22.1. The van der Waals surface area contributed by atoms with Crippen LogP contribution in [-0.2, 0) is 17.9 Å². The van der Waals surface area contributed by atoms with E-state index >= 15 is 4.39 Å². The zero-order valence-corrected chi connectivity index (χ0v) is 25.6. The minimum absolute atomic E-state index is 0.181. The summed E-state index contributed by atoms with van der Waals surface area (Å²) >= 11 is 0. The summed E-state index contributed by atoms with van der Waals surface area (Å²) in [5.41, 5.74) is 6.07. The van der Waals surface area contributed by atoms with E-state index in [-0.39, 0.29) is 17.5 Å². The third-order valence-electron chi connectivity index (χ3n) is 9.74. The van der Waals surface area contributed by atoms with Crippen LogP contribution in [0.4, 0.5) is 10.1 Å². The van der Waals surface area contributed by atoms with Crippen LogP contribution in [-0.4, -0.2) is 70.6 Å². The molecule has 4 heterocycles. The average Bonchev–Trinajstić information content (AvgIpc) is 3.37. The molecule has 2 aromatic heterocycles. The molecule has 0 bridgehead atoms. The highest BCUT2D eigenvalue weighted by atomic mass is 19.1. The minimum Gasteiger partial charge on any atom is -0.489 e. The number of carboxylic acid groups (broad SMARTS) is 1. The summed E-state index contributed by atoms with van der Waals surface area (Å²) in [6.07, 6.45) is 7.65. The zero-order chi connectivity index (χ0) is 30.8. The SMILES string of the molecule is O=C(O)c1ccc2c(C3CCCC[C@@H]3F)c3n(c2c1)CCC(CCN1CCOCC1)Nc1cc(OCc2cccnc2)ccc1-3. The number of aryl methyl sites for hydroxylation is 1. The standard InChI is InChI=1S/C36H41FN4O4/c37-31-6-2-1-5-28(31)34-30-9-7-25(36(42)43)20-33(30)41-15-12-26(11-14-40-16-18-44-19-17-40)39-32-21-27(8-10-29(32)35(34)41)45-23-24-4-3-13-38-22-24/h3-4,7-10,13,20-22,26,28,31,39H,1-2,5-6,11-12,14-19,23H2,(H,42,43)/t26?,28?,31-/m0/s1. The first-order valence-corrected chi connectivity index (χ1v) is 16.3. The molecular formula is C36H41FN4O4. The smallest absolute Gasteiger partial charge is 0.335 e. The second-order valence-electron chi connectivity index (χ2n) is 12.6. The Morgan fingerprint density at radius 2 is 1.93 bits per heavy atom. The van der Waals surface area contributed by atoms with Crippen LogP contribution in [0.5, 0.6) is 5.75 Å². The molecule has 2 aromatic carbocycles. The number of hydrogen-bond donors (Lipinski definition) is 2. The van der Waals surface area contributed by atoms with E-state index in [4.69, 9.17) is 9.47 Å². The van der Waals surface area contributed by atoms with Crippen LogP contribution in [0.2, 0.25) is 0 Å². The maximum absolute atomic E-state index is 15.8. The number of nitrogens with zero attached hydrogens (tertiary/aromatic N) is 3. The fraction of sp³-hybridized carbons (Fsp3) is 0.444. The van der Waals surface area contributed by atoms with Crippen molar-refractivity contribution in [3.05, 3.63) is 77.6 Å². The summed E-state index contributed by atoms with van der Waals surface area (Å²) in [6.45, 7) is 5.49. The molecule has 4 aromatic rings. The van der Waals surface area contributed by atoms with Gasteiger partial charge in [-0.15, -0.1) is 0 Å². The molecule has 9 heteroatoms. The number of hydrogen-bond acceptors (Lipinski definition) is 6. The number of carbonyl (C=O) groups is 1. The molecule has 45 heavy (non-hydrogen) atoms. The molecule has 3 atom stereocenters. The zero-order valence-electron chi connectivity index (χ0n) is 25.6. The first-order valence-electron chi connectivity index (χ1n) is 16.3. The number of rotatable bonds is 8. The maximum atomic E-state index is 15.8. The summed E-state index contributed by atoms with van der Waals surface area (Å²) < 4.78 is 29.9. The van der Waals surface area contributed by atoms with Crippen molar-refractivity contribution in [1.29, 1.82) is 0 Å². The van der Waals surface area contributed by atoms with Gasteiger partial charge in [0.1, 0.15) is 18.5 Å². The van der Waals surface area contributed by atoms with Gasteiger partial charge in [0.2, 0.25) is 0 Å².